The van der Waals surface area contributed by atoms with Crippen molar-refractivity contribution < 1.29 is 37.8 Å². The molecule has 6 atom stereocenters. The van der Waals surface area contributed by atoms with E-state index in [4.69, 9.17) is 37.4 Å². The summed E-state index contributed by atoms with van der Waals surface area (Å²) in [6, 6.07) is 14.5. The van der Waals surface area contributed by atoms with Gasteiger partial charge >= 0.3 is 0 Å². The summed E-state index contributed by atoms with van der Waals surface area (Å²) in [5.74, 6) is 2.13. The van der Waals surface area contributed by atoms with Crippen molar-refractivity contribution in [2.45, 2.75) is 191 Å². The number of thiazole rings is 1. The Morgan fingerprint density at radius 2 is 0.969 bits per heavy atom. The molecular weight excluding hydrogens is 1330 g/mol. The molecule has 0 radical (unpaired) electrons. The van der Waals surface area contributed by atoms with E-state index in [0.29, 0.717) is 111 Å². The molecule has 0 saturated carbocycles. The summed E-state index contributed by atoms with van der Waals surface area (Å²) in [7, 11) is 2.12. The number of hydrogen-bond acceptors (Lipinski definition) is 18. The van der Waals surface area contributed by atoms with Crippen LogP contribution < -0.4 is 24.8 Å². The maximum atomic E-state index is 14.7. The van der Waals surface area contributed by atoms with Crippen molar-refractivity contribution in [3.8, 4) is 17.6 Å². The molecule has 516 valence electrons. The summed E-state index contributed by atoms with van der Waals surface area (Å²) in [6.07, 6.45) is 12.4. The molecule has 96 heavy (non-hydrogen) atoms. The Balaban J connectivity index is 0.000000160. The number of halogens is 5. The summed E-state index contributed by atoms with van der Waals surface area (Å²) in [6.45, 7) is 25.0. The third kappa shape index (κ3) is 18.8. The second-order valence-electron chi connectivity index (χ2n) is 25.5. The Bertz CT molecular complexity index is 3920. The number of hydrogen-bond donors (Lipinski definition) is 2. The highest BCUT2D eigenvalue weighted by molar-refractivity contribution is 7.18. The number of rotatable bonds is 8. The Hall–Kier alpha value is -6.93. The van der Waals surface area contributed by atoms with Crippen LogP contribution in [0.25, 0.3) is 10.2 Å². The van der Waals surface area contributed by atoms with E-state index in [1.54, 1.807) is 49.8 Å². The number of nitrogens with one attached hydrogen (secondary N) is 2. The van der Waals surface area contributed by atoms with Crippen LogP contribution in [0.5, 0.6) is 17.6 Å². The maximum absolute atomic E-state index is 14.7. The highest BCUT2D eigenvalue weighted by Gasteiger charge is 2.34. The third-order valence-electron chi connectivity index (χ3n) is 18.3. The zero-order valence-corrected chi connectivity index (χ0v) is 59.0. The first kappa shape index (κ1) is 74.9. The van der Waals surface area contributed by atoms with Gasteiger partial charge in [0.05, 0.1) is 15.2 Å². The zero-order chi connectivity index (χ0) is 65.8. The number of aromatic nitrogens is 6. The number of fused-ring (bicyclic) bond motifs is 6. The van der Waals surface area contributed by atoms with E-state index < -0.39 is 0 Å². The Morgan fingerprint density at radius 3 is 1.43 bits per heavy atom. The van der Waals surface area contributed by atoms with E-state index in [-0.39, 0.29) is 86.0 Å². The predicted octanol–water partition coefficient (Wildman–Crippen LogP) is 10.9. The highest BCUT2D eigenvalue weighted by Crippen LogP contribution is 2.33. The SMILES string of the molecule is C.CC(=O)N1Cc2cnc(Cl)cc2C1.CC(=O)N1Cc2cnc(O[C@@H]3C[C@H](C)N(C)C3)cc2C1.CC(=O)N1Cc2cnc(O[C@@H]3C[C@H](C)N(Cc4cc5nc(C)sc5cc4F)C3)cc2C1.CC(=O)N1Cc2cnc(O[C@H]3CN[C@@H](C)C3)cc2C1.Cl.Cl.Clc1cc2c(cn1)CNC2. The van der Waals surface area contributed by atoms with Crippen molar-refractivity contribution >= 4 is 93.2 Å². The van der Waals surface area contributed by atoms with Crippen LogP contribution in [0, 0.1) is 12.7 Å². The molecule has 4 amide bonds. The monoisotopic (exact) mass is 1410 g/mol. The van der Waals surface area contributed by atoms with Crippen molar-refractivity contribution in [3.63, 3.8) is 0 Å². The predicted molar refractivity (Wildman–Crippen MR) is 374 cm³/mol. The molecule has 6 aromatic heterocycles. The van der Waals surface area contributed by atoms with Gasteiger partial charge in [-0.1, -0.05) is 30.6 Å². The fraction of sp³-hybridized carbons (Fsp3) is 0.478. The maximum Gasteiger partial charge on any atom is 0.220 e. The molecule has 27 heteroatoms. The first-order valence-electron chi connectivity index (χ1n) is 31.7. The standard InChI is InChI=1S/C23H25FN4O2S.C15H21N3O2.C14H19N3O2.C9H9ClN2O.C7H7ClN2.CH4.2ClH/c1-13-4-19(30-23-6-16-9-28(15(3)29)11-18(16)8-25-23)12-27(13)10-17-5-21-22(7-20(17)24)31-14(2)26-21;1-10-4-14(9-17(10)3)20-15-5-12-7-18(11(2)19)8-13(12)6-16-15;1-9-3-13(6-15-9)19-14-4-11-7-17(10(2)18)8-12(11)5-16-14;1-6(13)12-4-7-2-9(10)11-3-8(7)5-12;8-7-1-5-2-9-3-6(5)4-10-7;;;/h5-8,13,19H,4,9-12H2,1-3H3;5-6,10,14H,4,7-9H2,1-3H3;4-5,9,13,15H,3,6-8H2,1-2H3;2-3H,4-5H2,1H3;1,4,9H,2-3H2;1H4;2*1H/t13-,19+;10-,14+;9-,13+;;;;;/m000...../s1. The van der Waals surface area contributed by atoms with Crippen molar-refractivity contribution in [1.29, 1.82) is 0 Å². The summed E-state index contributed by atoms with van der Waals surface area (Å²) >= 11 is 12.9. The number of ether oxygens (including phenoxy) is 3. The van der Waals surface area contributed by atoms with E-state index >= 15 is 0 Å². The minimum Gasteiger partial charge on any atom is -0.473 e. The third-order valence-corrected chi connectivity index (χ3v) is 19.6. The lowest BCUT2D eigenvalue weighted by Crippen LogP contribution is -2.28. The number of aryl methyl sites for hydroxylation is 1. The molecule has 3 fully saturated rings. The fourth-order valence-corrected chi connectivity index (χ4v) is 14.0. The lowest BCUT2D eigenvalue weighted by Gasteiger charge is -2.21. The van der Waals surface area contributed by atoms with Crippen molar-refractivity contribution in [2.75, 3.05) is 26.7 Å². The highest BCUT2D eigenvalue weighted by atomic mass is 35.5. The van der Waals surface area contributed by atoms with E-state index in [9.17, 15) is 23.6 Å². The normalized spacial score (nSPS) is 20.8. The molecule has 21 nitrogen and oxygen atoms in total. The minimum atomic E-state index is -0.178. The van der Waals surface area contributed by atoms with Gasteiger partial charge in [0.15, 0.2) is 0 Å². The molecule has 0 bridgehead atoms. The van der Waals surface area contributed by atoms with Gasteiger partial charge in [-0.25, -0.2) is 34.3 Å². The number of carbonyl (C=O) groups excluding carboxylic acids is 4. The average Bonchev–Trinajstić information content (AvgIpc) is 1.64. The van der Waals surface area contributed by atoms with E-state index in [2.05, 4.69) is 78.2 Å². The van der Waals surface area contributed by atoms with Gasteiger partial charge in [0.2, 0.25) is 41.3 Å². The molecule has 3 saturated heterocycles. The van der Waals surface area contributed by atoms with Gasteiger partial charge in [0.1, 0.15) is 34.4 Å². The first-order chi connectivity index (χ1) is 44.5. The molecular formula is C69H87Cl4FN14O7S. The van der Waals surface area contributed by atoms with Crippen molar-refractivity contribution in [2.24, 2.45) is 0 Å². The summed E-state index contributed by atoms with van der Waals surface area (Å²) in [5, 5.41) is 8.60. The molecule has 1 aromatic carbocycles. The van der Waals surface area contributed by atoms with Crippen LogP contribution in [0.15, 0.2) is 73.4 Å². The first-order valence-corrected chi connectivity index (χ1v) is 33.3. The van der Waals surface area contributed by atoms with Gasteiger partial charge in [-0.05, 0) is 115 Å². The second-order valence-corrected chi connectivity index (χ2v) is 27.5. The number of likely N-dealkylation sites (N-methyl/N-ethyl adjacent to an activating group) is 1. The van der Waals surface area contributed by atoms with Gasteiger partial charge in [0.25, 0.3) is 0 Å². The lowest BCUT2D eigenvalue weighted by atomic mass is 10.1. The molecule has 2 N–H and O–H groups in total. The molecule has 8 aliphatic heterocycles. The lowest BCUT2D eigenvalue weighted by molar-refractivity contribution is -0.130. The summed E-state index contributed by atoms with van der Waals surface area (Å²) in [5.41, 5.74) is 13.0. The Labute approximate surface area is 588 Å². The molecule has 0 unspecified atom stereocenters. The van der Waals surface area contributed by atoms with Crippen LogP contribution >= 0.6 is 59.4 Å². The van der Waals surface area contributed by atoms with Gasteiger partial charge in [0, 0.05) is 211 Å². The Kier molecular flexibility index (Phi) is 25.8. The van der Waals surface area contributed by atoms with E-state index in [0.717, 1.165) is 105 Å². The van der Waals surface area contributed by atoms with Crippen LogP contribution in [-0.2, 0) is 91.2 Å². The Morgan fingerprint density at radius 1 is 0.552 bits per heavy atom. The van der Waals surface area contributed by atoms with Crippen molar-refractivity contribution in [3.05, 3.63) is 156 Å². The molecule has 0 aliphatic carbocycles. The van der Waals surface area contributed by atoms with Crippen molar-refractivity contribution in [1.82, 2.24) is 69.9 Å². The quantitative estimate of drug-likeness (QED) is 0.135. The fourth-order valence-electron chi connectivity index (χ4n) is 12.8. The number of carbonyl (C=O) groups is 4. The second kappa shape index (κ2) is 33.1. The number of likely N-dealkylation sites (tertiary alicyclic amines) is 2. The summed E-state index contributed by atoms with van der Waals surface area (Å²) < 4.78 is 33.6. The minimum absolute atomic E-state index is 0. The van der Waals surface area contributed by atoms with Crippen LogP contribution in [0.2, 0.25) is 10.3 Å². The van der Waals surface area contributed by atoms with Crippen LogP contribution in [0.3, 0.4) is 0 Å². The molecule has 7 aromatic rings. The van der Waals surface area contributed by atoms with Gasteiger partial charge in [-0.15, -0.1) is 36.2 Å². The molecule has 14 heterocycles. The number of pyridine rings is 5. The van der Waals surface area contributed by atoms with Gasteiger partial charge in [-0.2, -0.15) is 0 Å². The summed E-state index contributed by atoms with van der Waals surface area (Å²) in [4.78, 5) is 82.9. The van der Waals surface area contributed by atoms with Crippen LogP contribution in [-0.4, -0.2) is 146 Å². The largest absolute Gasteiger partial charge is 0.473 e. The molecule has 15 rings (SSSR count). The number of nitrogens with zero attached hydrogens (tertiary/aromatic N) is 12. The van der Waals surface area contributed by atoms with Gasteiger partial charge in [-0.3, -0.25) is 29.0 Å². The van der Waals surface area contributed by atoms with Crippen LogP contribution in [0.1, 0.15) is 141 Å². The van der Waals surface area contributed by atoms with Crippen LogP contribution in [0.4, 0.5) is 4.39 Å². The topological polar surface area (TPSA) is 217 Å². The molecule has 0 spiro atoms. The number of amides is 4. The average molecular weight is 1420 g/mol. The van der Waals surface area contributed by atoms with E-state index in [1.165, 1.54) is 22.5 Å². The van der Waals surface area contributed by atoms with E-state index in [1.807, 2.05) is 77.9 Å². The zero-order valence-electron chi connectivity index (χ0n) is 55.0. The smallest absolute Gasteiger partial charge is 0.220 e. The number of benzene rings is 1. The van der Waals surface area contributed by atoms with Gasteiger partial charge < -0.3 is 44.4 Å². The molecule has 8 aliphatic rings.